The summed E-state index contributed by atoms with van der Waals surface area (Å²) in [6.45, 7) is 0.570. The largest absolute Gasteiger partial charge is 0.497 e. The summed E-state index contributed by atoms with van der Waals surface area (Å²) >= 11 is 0.415. The number of para-hydroxylation sites is 1. The average Bonchev–Trinajstić information content (AvgIpc) is 3.18. The second-order valence-corrected chi connectivity index (χ2v) is 7.30. The van der Waals surface area contributed by atoms with Gasteiger partial charge in [-0.25, -0.2) is 4.79 Å². The number of nitrogens with one attached hydrogen (secondary N) is 1. The number of carbonyl (C=O) groups is 1. The van der Waals surface area contributed by atoms with Crippen molar-refractivity contribution in [1.29, 1.82) is 0 Å². The molecule has 0 spiro atoms. The molecule has 2 aromatic carbocycles. The molecular weight excluding hydrogens is 386 g/mol. The van der Waals surface area contributed by atoms with Gasteiger partial charge in [0.1, 0.15) is 11.5 Å². The van der Waals surface area contributed by atoms with Gasteiger partial charge < -0.3 is 19.7 Å². The lowest BCUT2D eigenvalue weighted by molar-refractivity contribution is 0.206. The van der Waals surface area contributed by atoms with E-state index in [1.165, 1.54) is 0 Å². The summed E-state index contributed by atoms with van der Waals surface area (Å²) in [5.41, 5.74) is 1.24. The van der Waals surface area contributed by atoms with Gasteiger partial charge in [-0.15, -0.1) is 0 Å². The van der Waals surface area contributed by atoms with Crippen LogP contribution >= 0.6 is 11.8 Å². The molecular formula is C20H22F2N2O3S. The number of carbonyl (C=O) groups excluding carboxylic acids is 1. The molecule has 28 heavy (non-hydrogen) atoms. The molecule has 5 nitrogen and oxygen atoms in total. The van der Waals surface area contributed by atoms with Crippen LogP contribution in [0.25, 0.3) is 0 Å². The Bertz CT molecular complexity index is 835. The topological polar surface area (TPSA) is 50.8 Å². The minimum Gasteiger partial charge on any atom is -0.497 e. The first-order chi connectivity index (χ1) is 13.5. The highest BCUT2D eigenvalue weighted by Gasteiger charge is 2.32. The molecule has 3 rings (SSSR count). The Morgan fingerprint density at radius 3 is 2.71 bits per heavy atom. The van der Waals surface area contributed by atoms with Crippen LogP contribution in [0.15, 0.2) is 47.4 Å². The van der Waals surface area contributed by atoms with Crippen molar-refractivity contribution in [2.24, 2.45) is 0 Å². The highest BCUT2D eigenvalue weighted by atomic mass is 32.2. The number of methoxy groups -OCH3 is 2. The summed E-state index contributed by atoms with van der Waals surface area (Å²) in [5.74, 6) is -1.19. The van der Waals surface area contributed by atoms with Gasteiger partial charge in [0.25, 0.3) is 5.76 Å². The number of ether oxygens (including phenoxy) is 2. The fourth-order valence-corrected chi connectivity index (χ4v) is 3.98. The molecule has 1 heterocycles. The number of benzene rings is 2. The highest BCUT2D eigenvalue weighted by molar-refractivity contribution is 7.99. The first-order valence-corrected chi connectivity index (χ1v) is 9.75. The van der Waals surface area contributed by atoms with Crippen molar-refractivity contribution in [2.75, 3.05) is 26.1 Å². The van der Waals surface area contributed by atoms with E-state index in [4.69, 9.17) is 9.47 Å². The molecule has 0 aliphatic carbocycles. The molecule has 0 aromatic heterocycles. The summed E-state index contributed by atoms with van der Waals surface area (Å²) in [4.78, 5) is 15.0. The van der Waals surface area contributed by atoms with E-state index in [1.807, 2.05) is 12.1 Å². The smallest absolute Gasteiger partial charge is 0.322 e. The maximum absolute atomic E-state index is 12.9. The van der Waals surface area contributed by atoms with E-state index >= 15 is 0 Å². The summed E-state index contributed by atoms with van der Waals surface area (Å²) in [6, 6.07) is 11.6. The highest BCUT2D eigenvalue weighted by Crippen LogP contribution is 2.39. The lowest BCUT2D eigenvalue weighted by Gasteiger charge is -2.27. The minimum atomic E-state index is -2.56. The van der Waals surface area contributed by atoms with Crippen LogP contribution in [-0.4, -0.2) is 37.5 Å². The molecule has 0 saturated carbocycles. The molecule has 1 unspecified atom stereocenters. The number of urea groups is 1. The Balaban J connectivity index is 1.83. The molecule has 1 N–H and O–H groups in total. The molecule has 1 fully saturated rings. The molecule has 1 atom stereocenters. The van der Waals surface area contributed by atoms with Crippen LogP contribution in [0.3, 0.4) is 0 Å². The first-order valence-electron chi connectivity index (χ1n) is 8.87. The van der Waals surface area contributed by atoms with Crippen molar-refractivity contribution in [3.8, 4) is 11.5 Å². The minimum absolute atomic E-state index is 0.181. The third-order valence-corrected chi connectivity index (χ3v) is 5.44. The molecule has 2 amide bonds. The maximum atomic E-state index is 12.9. The maximum Gasteiger partial charge on any atom is 0.322 e. The number of anilines is 1. The van der Waals surface area contributed by atoms with E-state index in [1.54, 1.807) is 49.5 Å². The number of amides is 2. The summed E-state index contributed by atoms with van der Waals surface area (Å²) in [6.07, 6.45) is 1.62. The first kappa shape index (κ1) is 20.3. The van der Waals surface area contributed by atoms with Gasteiger partial charge in [-0.05, 0) is 43.2 Å². The zero-order chi connectivity index (χ0) is 20.1. The Morgan fingerprint density at radius 2 is 2.00 bits per heavy atom. The van der Waals surface area contributed by atoms with Crippen LogP contribution in [0.5, 0.6) is 11.5 Å². The van der Waals surface area contributed by atoms with Crippen LogP contribution in [0.1, 0.15) is 24.4 Å². The van der Waals surface area contributed by atoms with Gasteiger partial charge in [0.2, 0.25) is 0 Å². The van der Waals surface area contributed by atoms with E-state index in [2.05, 4.69) is 5.32 Å². The van der Waals surface area contributed by atoms with Gasteiger partial charge >= 0.3 is 6.03 Å². The molecule has 150 valence electrons. The summed E-state index contributed by atoms with van der Waals surface area (Å²) in [5, 5.41) is 2.78. The van der Waals surface area contributed by atoms with Gasteiger partial charge in [0.05, 0.1) is 25.9 Å². The molecule has 0 radical (unpaired) electrons. The van der Waals surface area contributed by atoms with Crippen molar-refractivity contribution in [3.05, 3.63) is 48.0 Å². The van der Waals surface area contributed by atoms with Crippen LogP contribution in [0.2, 0.25) is 0 Å². The molecule has 8 heteroatoms. The van der Waals surface area contributed by atoms with Gasteiger partial charge in [-0.2, -0.15) is 8.78 Å². The van der Waals surface area contributed by atoms with E-state index in [-0.39, 0.29) is 12.1 Å². The number of rotatable bonds is 6. The van der Waals surface area contributed by atoms with Crippen LogP contribution in [0.4, 0.5) is 19.3 Å². The van der Waals surface area contributed by atoms with Gasteiger partial charge in [0, 0.05) is 17.0 Å². The molecule has 2 aromatic rings. The van der Waals surface area contributed by atoms with Crippen LogP contribution in [-0.2, 0) is 0 Å². The van der Waals surface area contributed by atoms with Crippen molar-refractivity contribution in [1.82, 2.24) is 4.90 Å². The number of likely N-dealkylation sites (tertiary alicyclic amines) is 1. The average molecular weight is 408 g/mol. The third-order valence-electron chi connectivity index (χ3n) is 4.65. The van der Waals surface area contributed by atoms with Crippen molar-refractivity contribution in [2.45, 2.75) is 29.5 Å². The number of hydrogen-bond donors (Lipinski definition) is 1. The molecule has 0 bridgehead atoms. The quantitative estimate of drug-likeness (QED) is 0.652. The zero-order valence-electron chi connectivity index (χ0n) is 15.7. The Hall–Kier alpha value is -2.48. The number of halogens is 2. The van der Waals surface area contributed by atoms with Crippen LogP contribution < -0.4 is 14.8 Å². The summed E-state index contributed by atoms with van der Waals surface area (Å²) < 4.78 is 36.4. The number of hydrogen-bond acceptors (Lipinski definition) is 4. The Morgan fingerprint density at radius 1 is 1.21 bits per heavy atom. The van der Waals surface area contributed by atoms with E-state index in [0.29, 0.717) is 40.4 Å². The fourth-order valence-electron chi connectivity index (χ4n) is 3.39. The van der Waals surface area contributed by atoms with Gasteiger partial charge in [-0.3, -0.25) is 0 Å². The van der Waals surface area contributed by atoms with E-state index in [9.17, 15) is 13.6 Å². The van der Waals surface area contributed by atoms with E-state index < -0.39 is 5.76 Å². The Kier molecular flexibility index (Phi) is 6.61. The predicted octanol–water partition coefficient (Wildman–Crippen LogP) is 5.39. The molecule has 1 aliphatic heterocycles. The molecule has 1 saturated heterocycles. The van der Waals surface area contributed by atoms with Crippen LogP contribution in [0, 0.1) is 0 Å². The van der Waals surface area contributed by atoms with Crippen molar-refractivity contribution >= 4 is 23.5 Å². The molecule has 1 aliphatic rings. The number of nitrogens with zero attached hydrogens (tertiary/aromatic N) is 1. The second kappa shape index (κ2) is 9.14. The SMILES string of the molecule is COc1ccc(OC)c(C2CCCN2C(=O)Nc2ccccc2SC(F)F)c1. The van der Waals surface area contributed by atoms with Gasteiger partial charge in [-0.1, -0.05) is 23.9 Å². The normalized spacial score (nSPS) is 16.3. The second-order valence-electron chi connectivity index (χ2n) is 6.26. The monoisotopic (exact) mass is 408 g/mol. The summed E-state index contributed by atoms with van der Waals surface area (Å²) in [7, 11) is 3.17. The van der Waals surface area contributed by atoms with E-state index in [0.717, 1.165) is 18.4 Å². The number of thioether (sulfide) groups is 1. The number of alkyl halides is 2. The zero-order valence-corrected chi connectivity index (χ0v) is 16.5. The standard InChI is InChI=1S/C20H22F2N2O3S/c1-26-13-9-10-17(27-2)14(12-13)16-7-5-11-24(16)20(25)23-15-6-3-4-8-18(15)28-19(21)22/h3-4,6,8-10,12,16,19H,5,7,11H2,1-2H3,(H,23,25). The van der Waals surface area contributed by atoms with Gasteiger partial charge in [0.15, 0.2) is 0 Å². The van der Waals surface area contributed by atoms with Crippen molar-refractivity contribution in [3.63, 3.8) is 0 Å². The predicted molar refractivity (Wildman–Crippen MR) is 106 cm³/mol. The third kappa shape index (κ3) is 4.49. The lowest BCUT2D eigenvalue weighted by atomic mass is 10.0. The Labute approximate surface area is 167 Å². The lowest BCUT2D eigenvalue weighted by Crippen LogP contribution is -2.34. The fraction of sp³-hybridized carbons (Fsp3) is 0.350. The van der Waals surface area contributed by atoms with Crippen molar-refractivity contribution < 1.29 is 23.0 Å².